The molecule has 4 rings (SSSR count). The van der Waals surface area contributed by atoms with Crippen LogP contribution in [0.2, 0.25) is 0 Å². The van der Waals surface area contributed by atoms with E-state index < -0.39 is 0 Å². The lowest BCUT2D eigenvalue weighted by atomic mass is 10.2. The molecule has 0 unspecified atom stereocenters. The summed E-state index contributed by atoms with van der Waals surface area (Å²) in [7, 11) is 1.62. The molecule has 7 heteroatoms. The molecule has 4 aromatic rings. The maximum absolute atomic E-state index is 12.2. The van der Waals surface area contributed by atoms with Gasteiger partial charge >= 0.3 is 0 Å². The molecule has 4 aromatic carbocycles. The molecule has 0 bridgehead atoms. The molecule has 7 nitrogen and oxygen atoms in total. The van der Waals surface area contributed by atoms with Gasteiger partial charge in [-0.2, -0.15) is 5.10 Å². The highest BCUT2D eigenvalue weighted by Gasteiger charge is 2.10. The lowest BCUT2D eigenvalue weighted by Gasteiger charge is -2.15. The predicted molar refractivity (Wildman–Crippen MR) is 147 cm³/mol. The SMILES string of the molecule is CCOc1cc(/C=N/NC(=O)c2ccccc2)ccc1OCc1ccc(OCc2ccccc2)c(OC)c1. The van der Waals surface area contributed by atoms with Crippen molar-refractivity contribution >= 4 is 12.1 Å². The Morgan fingerprint density at radius 2 is 1.39 bits per heavy atom. The maximum atomic E-state index is 12.2. The van der Waals surface area contributed by atoms with E-state index in [0.29, 0.717) is 48.4 Å². The zero-order chi connectivity index (χ0) is 26.6. The van der Waals surface area contributed by atoms with Crippen molar-refractivity contribution in [3.8, 4) is 23.0 Å². The lowest BCUT2D eigenvalue weighted by Crippen LogP contribution is -2.17. The van der Waals surface area contributed by atoms with E-state index in [1.165, 1.54) is 0 Å². The Kier molecular flexibility index (Phi) is 9.34. The quantitative estimate of drug-likeness (QED) is 0.186. The smallest absolute Gasteiger partial charge is 0.271 e. The number of carbonyl (C=O) groups excluding carboxylic acids is 1. The molecule has 0 radical (unpaired) electrons. The third-order valence-electron chi connectivity index (χ3n) is 5.54. The van der Waals surface area contributed by atoms with E-state index in [1.54, 1.807) is 37.6 Å². The van der Waals surface area contributed by atoms with Crippen LogP contribution in [0.15, 0.2) is 102 Å². The summed E-state index contributed by atoms with van der Waals surface area (Å²) in [5, 5.41) is 4.06. The second-order valence-electron chi connectivity index (χ2n) is 8.25. The fourth-order valence-corrected chi connectivity index (χ4v) is 3.63. The van der Waals surface area contributed by atoms with Crippen LogP contribution in [0.5, 0.6) is 23.0 Å². The van der Waals surface area contributed by atoms with Gasteiger partial charge in [0.1, 0.15) is 13.2 Å². The van der Waals surface area contributed by atoms with Crippen LogP contribution in [0.1, 0.15) is 34.0 Å². The number of hydrazone groups is 1. The maximum Gasteiger partial charge on any atom is 0.271 e. The van der Waals surface area contributed by atoms with Gasteiger partial charge in [-0.15, -0.1) is 0 Å². The van der Waals surface area contributed by atoms with E-state index in [2.05, 4.69) is 10.5 Å². The zero-order valence-electron chi connectivity index (χ0n) is 21.4. The minimum atomic E-state index is -0.279. The Bertz CT molecular complexity index is 1360. The highest BCUT2D eigenvalue weighted by atomic mass is 16.5. The van der Waals surface area contributed by atoms with Crippen LogP contribution in [-0.2, 0) is 13.2 Å². The van der Waals surface area contributed by atoms with Crippen LogP contribution >= 0.6 is 0 Å². The largest absolute Gasteiger partial charge is 0.493 e. The second-order valence-corrected chi connectivity index (χ2v) is 8.25. The first kappa shape index (κ1) is 26.3. The number of nitrogens with zero attached hydrogens (tertiary/aromatic N) is 1. The molecule has 0 aliphatic heterocycles. The summed E-state index contributed by atoms with van der Waals surface area (Å²) in [6.45, 7) is 3.15. The van der Waals surface area contributed by atoms with Gasteiger partial charge in [0.15, 0.2) is 23.0 Å². The molecule has 0 atom stereocenters. The molecule has 0 heterocycles. The van der Waals surface area contributed by atoms with Crippen LogP contribution in [0, 0.1) is 0 Å². The van der Waals surface area contributed by atoms with Gasteiger partial charge in [-0.05, 0) is 66.1 Å². The number of methoxy groups -OCH3 is 1. The van der Waals surface area contributed by atoms with Gasteiger partial charge in [-0.1, -0.05) is 54.6 Å². The van der Waals surface area contributed by atoms with Gasteiger partial charge in [-0.25, -0.2) is 5.43 Å². The first-order valence-electron chi connectivity index (χ1n) is 12.3. The molecule has 0 spiro atoms. The molecule has 0 aliphatic rings. The number of hydrogen-bond acceptors (Lipinski definition) is 6. The Hall–Kier alpha value is -4.78. The normalized spacial score (nSPS) is 10.7. The first-order valence-corrected chi connectivity index (χ1v) is 12.3. The number of amides is 1. The Balaban J connectivity index is 1.38. The van der Waals surface area contributed by atoms with E-state index in [-0.39, 0.29) is 5.91 Å². The zero-order valence-corrected chi connectivity index (χ0v) is 21.4. The van der Waals surface area contributed by atoms with Crippen LogP contribution in [0.4, 0.5) is 0 Å². The van der Waals surface area contributed by atoms with E-state index in [9.17, 15) is 4.79 Å². The molecule has 1 amide bonds. The first-order chi connectivity index (χ1) is 18.7. The van der Waals surface area contributed by atoms with Crippen LogP contribution in [0.3, 0.4) is 0 Å². The molecule has 0 aromatic heterocycles. The summed E-state index contributed by atoms with van der Waals surface area (Å²) < 4.78 is 23.3. The molecule has 194 valence electrons. The summed E-state index contributed by atoms with van der Waals surface area (Å²) in [6.07, 6.45) is 1.56. The lowest BCUT2D eigenvalue weighted by molar-refractivity contribution is 0.0955. The molecule has 0 fully saturated rings. The van der Waals surface area contributed by atoms with Crippen molar-refractivity contribution < 1.29 is 23.7 Å². The monoisotopic (exact) mass is 510 g/mol. The van der Waals surface area contributed by atoms with Gasteiger partial charge in [0.2, 0.25) is 0 Å². The number of hydrogen-bond donors (Lipinski definition) is 1. The van der Waals surface area contributed by atoms with Crippen molar-refractivity contribution in [3.05, 3.63) is 119 Å². The fourth-order valence-electron chi connectivity index (χ4n) is 3.63. The molecule has 0 aliphatic carbocycles. The third-order valence-corrected chi connectivity index (χ3v) is 5.54. The minimum Gasteiger partial charge on any atom is -0.493 e. The summed E-state index contributed by atoms with van der Waals surface area (Å²) in [5.74, 6) is 2.20. The fraction of sp³-hybridized carbons (Fsp3) is 0.161. The Morgan fingerprint density at radius 1 is 0.737 bits per heavy atom. The number of benzene rings is 4. The van der Waals surface area contributed by atoms with E-state index >= 15 is 0 Å². The van der Waals surface area contributed by atoms with Gasteiger partial charge in [-0.3, -0.25) is 4.79 Å². The molecule has 38 heavy (non-hydrogen) atoms. The predicted octanol–water partition coefficient (Wildman–Crippen LogP) is 6.02. The second kappa shape index (κ2) is 13.5. The number of nitrogens with one attached hydrogen (secondary N) is 1. The van der Waals surface area contributed by atoms with Gasteiger partial charge in [0.05, 0.1) is 19.9 Å². The molecule has 1 N–H and O–H groups in total. The minimum absolute atomic E-state index is 0.279. The van der Waals surface area contributed by atoms with Crippen LogP contribution in [0.25, 0.3) is 0 Å². The Morgan fingerprint density at radius 3 is 2.11 bits per heavy atom. The van der Waals surface area contributed by atoms with Crippen molar-refractivity contribution in [2.45, 2.75) is 20.1 Å². The van der Waals surface area contributed by atoms with Crippen molar-refractivity contribution in [1.82, 2.24) is 5.43 Å². The summed E-state index contributed by atoms with van der Waals surface area (Å²) in [6, 6.07) is 30.1. The topological polar surface area (TPSA) is 78.4 Å². The third kappa shape index (κ3) is 7.36. The highest BCUT2D eigenvalue weighted by molar-refractivity contribution is 5.94. The molecular weight excluding hydrogens is 480 g/mol. The molecular formula is C31H30N2O5. The molecule has 0 saturated carbocycles. The average molecular weight is 511 g/mol. The average Bonchev–Trinajstić information content (AvgIpc) is 2.97. The van der Waals surface area contributed by atoms with Crippen LogP contribution in [-0.4, -0.2) is 25.8 Å². The number of rotatable bonds is 12. The molecule has 0 saturated heterocycles. The van der Waals surface area contributed by atoms with Gasteiger partial charge < -0.3 is 18.9 Å². The van der Waals surface area contributed by atoms with Crippen molar-refractivity contribution in [1.29, 1.82) is 0 Å². The van der Waals surface area contributed by atoms with Gasteiger partial charge in [0, 0.05) is 5.56 Å². The number of ether oxygens (including phenoxy) is 4. The van der Waals surface area contributed by atoms with Crippen LogP contribution < -0.4 is 24.4 Å². The highest BCUT2D eigenvalue weighted by Crippen LogP contribution is 2.32. The van der Waals surface area contributed by atoms with E-state index in [4.69, 9.17) is 18.9 Å². The standard InChI is InChI=1S/C31H30N2O5/c1-3-36-30-18-24(20-32-33-31(34)26-12-8-5-9-13-26)14-16-28(30)38-22-25-15-17-27(29(19-25)35-2)37-21-23-10-6-4-7-11-23/h4-20H,3,21-22H2,1-2H3,(H,33,34)/b32-20+. The van der Waals surface area contributed by atoms with E-state index in [0.717, 1.165) is 16.7 Å². The van der Waals surface area contributed by atoms with E-state index in [1.807, 2.05) is 79.7 Å². The summed E-state index contributed by atoms with van der Waals surface area (Å²) >= 11 is 0. The Labute approximate surface area is 222 Å². The van der Waals surface area contributed by atoms with Crippen molar-refractivity contribution in [3.63, 3.8) is 0 Å². The van der Waals surface area contributed by atoms with Gasteiger partial charge in [0.25, 0.3) is 5.91 Å². The number of carbonyl (C=O) groups is 1. The summed E-state index contributed by atoms with van der Waals surface area (Å²) in [5.41, 5.74) is 5.83. The van der Waals surface area contributed by atoms with Crippen molar-refractivity contribution in [2.75, 3.05) is 13.7 Å². The summed E-state index contributed by atoms with van der Waals surface area (Å²) in [4.78, 5) is 12.2. The van der Waals surface area contributed by atoms with Crippen molar-refractivity contribution in [2.24, 2.45) is 5.10 Å².